The van der Waals surface area contributed by atoms with Gasteiger partial charge in [-0.1, -0.05) is 269 Å². The predicted molar refractivity (Wildman–Crippen MR) is 520 cm³/mol. The van der Waals surface area contributed by atoms with Crippen molar-refractivity contribution in [2.45, 2.75) is 277 Å². The predicted octanol–water partition coefficient (Wildman–Crippen LogP) is 27.4. The van der Waals surface area contributed by atoms with E-state index in [4.69, 9.17) is 9.47 Å². The van der Waals surface area contributed by atoms with Crippen molar-refractivity contribution < 1.29 is 9.47 Å². The van der Waals surface area contributed by atoms with E-state index in [-0.39, 0.29) is 37.9 Å². The lowest BCUT2D eigenvalue weighted by Gasteiger charge is -2.19. The molecule has 0 radical (unpaired) electrons. The van der Waals surface area contributed by atoms with Crippen LogP contribution in [0.25, 0.3) is 43.9 Å². The van der Waals surface area contributed by atoms with Crippen LogP contribution in [-0.2, 0) is 50.1 Å². The second-order valence-corrected chi connectivity index (χ2v) is 43.9. The Hall–Kier alpha value is -10.9. The first-order valence-electron chi connectivity index (χ1n) is 42.4. The van der Waals surface area contributed by atoms with Crippen molar-refractivity contribution in [2.24, 2.45) is 31.9 Å². The SMILES string of the molecule is C=C1CC(CC(C)(C)C)=NN1.C=C1NN=C(CC(C)(C)C)O1.C=C1Nc2ccc(C(C)(C)C)cc2O1.C=C1Nc2ccc(C(C)(C)C)cc2S1.CC(C)(C)Cc1ccn[nH]1.CC(C)(C)Cc1ncn[nH]1.CC(C)(C)c1ccc2[nH]ccc2c1.CC(C)(C)c1ccc2[nH]ccc2c1.CC(C)(C)c1ccc2nc[nH]c2c1.CC(C)(C)c1ccc2nc[nH]c2c1. The fourth-order valence-corrected chi connectivity index (χ4v) is 13.5. The third-order valence-electron chi connectivity index (χ3n) is 19.3. The van der Waals surface area contributed by atoms with Crippen LogP contribution in [0.3, 0.4) is 0 Å². The molecule has 656 valence electrons. The fourth-order valence-electron chi connectivity index (χ4n) is 12.6. The average Bonchev–Trinajstić information content (AvgIpc) is 1.68. The van der Waals surface area contributed by atoms with Crippen LogP contribution in [0.1, 0.15) is 272 Å². The summed E-state index contributed by atoms with van der Waals surface area (Å²) in [5.41, 5.74) is 28.5. The lowest BCUT2D eigenvalue weighted by molar-refractivity contribution is 0.360. The van der Waals surface area contributed by atoms with Crippen LogP contribution in [0.5, 0.6) is 5.75 Å². The number of nitrogens with one attached hydrogen (secondary N) is 10. The standard InChI is InChI=1S/C12H15NO.C12H15NS.2C12H15N.2C11H14N2.C9H16N2.C8H14N2O.C8H14N2.C7H13N3/c2*1-8-13-10-6-5-9(12(2,3)4)7-11(10)14-8;2*1-12(2,3)10-4-5-11-9(8-10)6-7-13-11;2*1-11(2,3)8-4-5-9-10(6-8)13-7-12-9;1-7-5-8(11-10-7)6-9(2,3)4;1-6-9-10-7(11-6)5-8(2,3)4;1-8(2,3)6-7-4-5-9-10-7;1-7(2,3)4-6-8-5-9-10-6/h2*5-7,13H,1H2,2-4H3;2*4-8,13H,1-3H3;2*4-7H,1-3H3,(H,12,13);10H,1,5-6H2,2-4H3;9H,1,5H2,2-4H3;4-5H,6H2,1-3H3,(H,9,10);5H,4H2,1-3H3,(H,8,9,10). The number of rotatable bonds is 4. The van der Waals surface area contributed by atoms with Crippen LogP contribution in [-0.4, -0.2) is 66.9 Å². The molecule has 6 aromatic heterocycles. The molecule has 0 amide bonds. The summed E-state index contributed by atoms with van der Waals surface area (Å²) in [5, 5.41) is 31.5. The van der Waals surface area contributed by atoms with Crippen LogP contribution in [0, 0.1) is 21.7 Å². The van der Waals surface area contributed by atoms with Crippen molar-refractivity contribution in [3.05, 3.63) is 259 Å². The Labute approximate surface area is 733 Å². The molecular formula is C102H145N17O2S. The van der Waals surface area contributed by atoms with Crippen LogP contribution in [0.2, 0.25) is 0 Å². The van der Waals surface area contributed by atoms with Gasteiger partial charge in [0.1, 0.15) is 12.2 Å². The third kappa shape index (κ3) is 33.5. The molecule has 0 spiro atoms. The molecule has 0 saturated carbocycles. The van der Waals surface area contributed by atoms with Gasteiger partial charge in [0, 0.05) is 70.9 Å². The highest BCUT2D eigenvalue weighted by Gasteiger charge is 2.25. The first-order chi connectivity index (χ1) is 56.3. The number of allylic oxidation sites excluding steroid dienone is 1. The van der Waals surface area contributed by atoms with Gasteiger partial charge in [0.05, 0.1) is 51.1 Å². The van der Waals surface area contributed by atoms with Gasteiger partial charge in [-0.05, 0) is 215 Å². The van der Waals surface area contributed by atoms with Crippen molar-refractivity contribution in [3.8, 4) is 5.75 Å². The van der Waals surface area contributed by atoms with E-state index < -0.39 is 0 Å². The second-order valence-electron chi connectivity index (χ2n) is 42.7. The summed E-state index contributed by atoms with van der Waals surface area (Å²) in [6, 6.07) is 45.0. The minimum absolute atomic E-state index is 0.155. The smallest absolute Gasteiger partial charge is 0.214 e. The van der Waals surface area contributed by atoms with Gasteiger partial charge in [-0.25, -0.2) is 20.4 Å². The molecule has 16 rings (SSSR count). The van der Waals surface area contributed by atoms with E-state index in [1.54, 1.807) is 36.9 Å². The van der Waals surface area contributed by atoms with E-state index in [9.17, 15) is 0 Å². The summed E-state index contributed by atoms with van der Waals surface area (Å²) in [5.74, 6) is 3.69. The van der Waals surface area contributed by atoms with Crippen molar-refractivity contribution >= 4 is 78.6 Å². The zero-order valence-electron chi connectivity index (χ0n) is 79.3. The van der Waals surface area contributed by atoms with E-state index in [2.05, 4.69) is 436 Å². The highest BCUT2D eigenvalue weighted by atomic mass is 32.2. The average molecular weight is 1670 g/mol. The van der Waals surface area contributed by atoms with E-state index in [1.807, 2.05) is 24.5 Å². The minimum atomic E-state index is 0.155. The number of nitrogens with zero attached hydrogens (tertiary/aromatic N) is 7. The molecule has 4 aliphatic rings. The number of ether oxygens (including phenoxy) is 2. The van der Waals surface area contributed by atoms with Gasteiger partial charge in [0.15, 0.2) is 11.6 Å². The molecule has 20 heteroatoms. The number of hydrogen-bond donors (Lipinski definition) is 10. The molecule has 0 saturated heterocycles. The molecule has 0 bridgehead atoms. The highest BCUT2D eigenvalue weighted by molar-refractivity contribution is 8.03. The number of anilines is 2. The number of H-pyrrole nitrogens is 6. The van der Waals surface area contributed by atoms with Gasteiger partial charge >= 0.3 is 0 Å². The van der Waals surface area contributed by atoms with Crippen LogP contribution >= 0.6 is 11.8 Å². The monoisotopic (exact) mass is 1670 g/mol. The van der Waals surface area contributed by atoms with Crippen molar-refractivity contribution in [3.63, 3.8) is 0 Å². The summed E-state index contributed by atoms with van der Waals surface area (Å²) in [7, 11) is 0. The van der Waals surface area contributed by atoms with Gasteiger partial charge in [0.25, 0.3) is 0 Å². The van der Waals surface area contributed by atoms with Gasteiger partial charge < -0.3 is 40.0 Å². The maximum Gasteiger partial charge on any atom is 0.214 e. The Bertz CT molecular complexity index is 4930. The third-order valence-corrected chi connectivity index (χ3v) is 20.2. The number of hydrogen-bond acceptors (Lipinski definition) is 14. The minimum Gasteiger partial charge on any atom is -0.440 e. The zero-order valence-corrected chi connectivity index (χ0v) is 80.1. The van der Waals surface area contributed by atoms with E-state index >= 15 is 0 Å². The van der Waals surface area contributed by atoms with Crippen LogP contribution < -0.4 is 26.2 Å². The van der Waals surface area contributed by atoms with Crippen molar-refractivity contribution in [2.75, 3.05) is 10.6 Å². The van der Waals surface area contributed by atoms with Crippen molar-refractivity contribution in [1.82, 2.24) is 66.1 Å². The highest BCUT2D eigenvalue weighted by Crippen LogP contribution is 2.43. The lowest BCUT2D eigenvalue weighted by atomic mass is 9.86. The Morgan fingerprint density at radius 1 is 0.377 bits per heavy atom. The Morgan fingerprint density at radius 2 is 0.828 bits per heavy atom. The molecule has 10 heterocycles. The molecule has 10 N–H and O–H groups in total. The van der Waals surface area contributed by atoms with E-state index in [0.29, 0.717) is 28.0 Å². The summed E-state index contributed by atoms with van der Waals surface area (Å²) < 4.78 is 10.6. The second kappa shape index (κ2) is 40.9. The Kier molecular flexibility index (Phi) is 32.9. The summed E-state index contributed by atoms with van der Waals surface area (Å²) >= 11 is 1.72. The number of hydrazone groups is 2. The van der Waals surface area contributed by atoms with Crippen LogP contribution in [0.4, 0.5) is 11.4 Å². The van der Waals surface area contributed by atoms with Gasteiger partial charge in [-0.3, -0.25) is 15.6 Å². The first-order valence-corrected chi connectivity index (χ1v) is 43.2. The van der Waals surface area contributed by atoms with Gasteiger partial charge in [-0.15, -0.1) is 5.10 Å². The molecule has 122 heavy (non-hydrogen) atoms. The normalized spacial score (nSPS) is 13.8. The molecule has 6 aromatic carbocycles. The first kappa shape index (κ1) is 98.3. The molecule has 19 nitrogen and oxygen atoms in total. The molecule has 0 atom stereocenters. The summed E-state index contributed by atoms with van der Waals surface area (Å²) in [6.07, 6.45) is 15.6. The molecule has 0 aliphatic carbocycles. The Morgan fingerprint density at radius 3 is 1.25 bits per heavy atom. The molecular weight excluding hydrogens is 1530 g/mol. The number of thioether (sulfide) groups is 1. The maximum atomic E-state index is 5.44. The molecule has 12 aromatic rings. The molecule has 4 aliphatic heterocycles. The Balaban J connectivity index is 0.000000187. The number of imidazole rings is 2. The molecule has 0 fully saturated rings. The van der Waals surface area contributed by atoms with E-state index in [1.165, 1.54) is 77.2 Å². The van der Waals surface area contributed by atoms with Gasteiger partial charge in [0.2, 0.25) is 11.8 Å². The van der Waals surface area contributed by atoms with Gasteiger partial charge in [-0.2, -0.15) is 15.3 Å². The fraction of sp³-hybridized carbons (Fsp3) is 0.441. The number of benzene rings is 6. The summed E-state index contributed by atoms with van der Waals surface area (Å²) in [6.45, 7) is 81.2. The van der Waals surface area contributed by atoms with E-state index in [0.717, 1.165) is 88.1 Å². The number of fused-ring (bicyclic) bond motifs is 6. The lowest BCUT2D eigenvalue weighted by Crippen LogP contribution is -2.12. The maximum absolute atomic E-state index is 5.44. The largest absolute Gasteiger partial charge is 0.440 e. The van der Waals surface area contributed by atoms with Crippen LogP contribution in [0.15, 0.2) is 229 Å². The summed E-state index contributed by atoms with van der Waals surface area (Å²) in [4.78, 5) is 26.3. The van der Waals surface area contributed by atoms with Crippen molar-refractivity contribution in [1.29, 1.82) is 0 Å². The zero-order chi connectivity index (χ0) is 90.8. The molecule has 0 unspecified atom stereocenters. The quantitative estimate of drug-likeness (QED) is 0.0790. The number of aromatic nitrogens is 11. The topological polar surface area (TPSA) is 250 Å². The number of aromatic amines is 6.